The number of piperidine rings is 2. The molecule has 3 rings (SSSR count). The Kier molecular flexibility index (Phi) is 10.7. The van der Waals surface area contributed by atoms with Crippen molar-refractivity contribution in [2.75, 3.05) is 39.8 Å². The molecule has 1 aromatic carbocycles. The third-order valence-corrected chi connectivity index (χ3v) is 6.30. The van der Waals surface area contributed by atoms with E-state index in [1.165, 1.54) is 49.8 Å². The molecule has 2 aliphatic heterocycles. The van der Waals surface area contributed by atoms with Crippen LogP contribution in [0.4, 0.5) is 0 Å². The molecule has 1 unspecified atom stereocenters. The van der Waals surface area contributed by atoms with Crippen molar-refractivity contribution in [3.05, 3.63) is 35.4 Å². The first kappa shape index (κ1) is 24.4. The fourth-order valence-corrected chi connectivity index (χ4v) is 4.61. The summed E-state index contributed by atoms with van der Waals surface area (Å²) in [5, 5.41) is 7.26. The van der Waals surface area contributed by atoms with Crippen molar-refractivity contribution >= 4 is 29.9 Å². The Bertz CT molecular complexity index is 627. The molecular formula is C23H40IN5. The zero-order valence-electron chi connectivity index (χ0n) is 18.5. The number of aliphatic imine (C=N–C) groups is 1. The largest absolute Gasteiger partial charge is 0.355 e. The van der Waals surface area contributed by atoms with Gasteiger partial charge < -0.3 is 10.6 Å². The second-order valence-electron chi connectivity index (χ2n) is 8.42. The molecule has 2 saturated heterocycles. The predicted molar refractivity (Wildman–Crippen MR) is 134 cm³/mol. The Morgan fingerprint density at radius 1 is 1.14 bits per heavy atom. The maximum Gasteiger partial charge on any atom is 0.191 e. The van der Waals surface area contributed by atoms with Gasteiger partial charge in [-0.25, -0.2) is 0 Å². The van der Waals surface area contributed by atoms with Gasteiger partial charge in [-0.15, -0.1) is 24.0 Å². The summed E-state index contributed by atoms with van der Waals surface area (Å²) in [6.45, 7) is 11.2. The quantitative estimate of drug-likeness (QED) is 0.347. The van der Waals surface area contributed by atoms with Gasteiger partial charge in [0.2, 0.25) is 0 Å². The number of hydrogen-bond donors (Lipinski definition) is 2. The molecule has 0 aromatic heterocycles. The summed E-state index contributed by atoms with van der Waals surface area (Å²) < 4.78 is 0. The molecule has 6 heteroatoms. The Labute approximate surface area is 194 Å². The lowest BCUT2D eigenvalue weighted by molar-refractivity contribution is 0.157. The van der Waals surface area contributed by atoms with Gasteiger partial charge in [0.05, 0.1) is 0 Å². The van der Waals surface area contributed by atoms with Crippen LogP contribution in [0.1, 0.15) is 50.2 Å². The van der Waals surface area contributed by atoms with Gasteiger partial charge in [-0.05, 0) is 51.3 Å². The topological polar surface area (TPSA) is 42.9 Å². The zero-order chi connectivity index (χ0) is 19.8. The van der Waals surface area contributed by atoms with E-state index in [0.717, 1.165) is 38.7 Å². The van der Waals surface area contributed by atoms with Gasteiger partial charge >= 0.3 is 0 Å². The maximum atomic E-state index is 4.48. The van der Waals surface area contributed by atoms with E-state index in [9.17, 15) is 0 Å². The molecule has 2 fully saturated rings. The van der Waals surface area contributed by atoms with Gasteiger partial charge in [0.1, 0.15) is 0 Å². The smallest absolute Gasteiger partial charge is 0.191 e. The minimum atomic E-state index is 0. The number of nitrogens with zero attached hydrogens (tertiary/aromatic N) is 3. The third-order valence-electron chi connectivity index (χ3n) is 6.30. The number of benzene rings is 1. The highest BCUT2D eigenvalue weighted by Crippen LogP contribution is 2.16. The van der Waals surface area contributed by atoms with Gasteiger partial charge in [0.15, 0.2) is 5.96 Å². The zero-order valence-corrected chi connectivity index (χ0v) is 20.8. The van der Waals surface area contributed by atoms with E-state index in [0.29, 0.717) is 12.1 Å². The Morgan fingerprint density at radius 2 is 1.93 bits per heavy atom. The van der Waals surface area contributed by atoms with Crippen LogP contribution in [0, 0.1) is 6.92 Å². The van der Waals surface area contributed by atoms with Crippen LogP contribution in [-0.2, 0) is 6.54 Å². The van der Waals surface area contributed by atoms with E-state index in [1.54, 1.807) is 0 Å². The van der Waals surface area contributed by atoms with Crippen LogP contribution in [0.2, 0.25) is 0 Å². The standard InChI is InChI=1S/C23H39N5.HI/c1-4-28-13-6-5-10-22(28)17-25-23(24-3)26-21-11-14-27(15-12-21)18-20-9-7-8-19(2)16-20;/h7-9,16,21-22H,4-6,10-15,17-18H2,1-3H3,(H2,24,25,26);1H. The van der Waals surface area contributed by atoms with Crippen molar-refractivity contribution in [1.82, 2.24) is 20.4 Å². The van der Waals surface area contributed by atoms with Crippen LogP contribution in [0.3, 0.4) is 0 Å². The molecule has 2 heterocycles. The first-order valence-corrected chi connectivity index (χ1v) is 11.2. The average Bonchev–Trinajstić information content (AvgIpc) is 2.72. The lowest BCUT2D eigenvalue weighted by Gasteiger charge is -2.36. The number of nitrogens with one attached hydrogen (secondary N) is 2. The molecule has 0 saturated carbocycles. The number of halogens is 1. The van der Waals surface area contributed by atoms with Crippen LogP contribution < -0.4 is 10.6 Å². The first-order chi connectivity index (χ1) is 13.7. The molecule has 2 N–H and O–H groups in total. The SMILES string of the molecule is CCN1CCCCC1CNC(=NC)NC1CCN(Cc2cccc(C)c2)CC1.I. The van der Waals surface area contributed by atoms with Gasteiger partial charge in [0.25, 0.3) is 0 Å². The monoisotopic (exact) mass is 513 g/mol. The molecule has 0 radical (unpaired) electrons. The minimum absolute atomic E-state index is 0. The summed E-state index contributed by atoms with van der Waals surface area (Å²) in [6, 6.07) is 10.1. The Balaban J connectivity index is 0.00000300. The lowest BCUT2D eigenvalue weighted by Crippen LogP contribution is -2.52. The van der Waals surface area contributed by atoms with Gasteiger partial charge in [-0.2, -0.15) is 0 Å². The highest BCUT2D eigenvalue weighted by Gasteiger charge is 2.23. The van der Waals surface area contributed by atoms with Crippen LogP contribution in [0.25, 0.3) is 0 Å². The number of aryl methyl sites for hydroxylation is 1. The summed E-state index contributed by atoms with van der Waals surface area (Å²) in [6.07, 6.45) is 6.36. The molecule has 164 valence electrons. The van der Waals surface area contributed by atoms with Gasteiger partial charge in [-0.3, -0.25) is 14.8 Å². The van der Waals surface area contributed by atoms with Crippen LogP contribution in [0.5, 0.6) is 0 Å². The molecule has 1 atom stereocenters. The average molecular weight is 514 g/mol. The number of guanidine groups is 1. The summed E-state index contributed by atoms with van der Waals surface area (Å²) in [5.41, 5.74) is 2.78. The first-order valence-electron chi connectivity index (χ1n) is 11.2. The lowest BCUT2D eigenvalue weighted by atomic mass is 10.0. The normalized spacial score (nSPS) is 22.2. The van der Waals surface area contributed by atoms with E-state index in [4.69, 9.17) is 0 Å². The van der Waals surface area contributed by atoms with Crippen LogP contribution >= 0.6 is 24.0 Å². The molecular weight excluding hydrogens is 473 g/mol. The molecule has 5 nitrogen and oxygen atoms in total. The second-order valence-corrected chi connectivity index (χ2v) is 8.42. The summed E-state index contributed by atoms with van der Waals surface area (Å²) in [4.78, 5) is 9.65. The van der Waals surface area contributed by atoms with E-state index in [1.807, 2.05) is 7.05 Å². The van der Waals surface area contributed by atoms with Crippen molar-refractivity contribution in [1.29, 1.82) is 0 Å². The summed E-state index contributed by atoms with van der Waals surface area (Å²) in [7, 11) is 1.89. The molecule has 0 amide bonds. The second kappa shape index (κ2) is 12.7. The van der Waals surface area contributed by atoms with Crippen molar-refractivity contribution in [3.63, 3.8) is 0 Å². The van der Waals surface area contributed by atoms with E-state index in [-0.39, 0.29) is 24.0 Å². The Morgan fingerprint density at radius 3 is 2.62 bits per heavy atom. The molecule has 0 bridgehead atoms. The third kappa shape index (κ3) is 7.72. The summed E-state index contributed by atoms with van der Waals surface area (Å²) in [5.74, 6) is 0.971. The summed E-state index contributed by atoms with van der Waals surface area (Å²) >= 11 is 0. The van der Waals surface area contributed by atoms with Crippen LogP contribution in [-0.4, -0.2) is 67.6 Å². The highest BCUT2D eigenvalue weighted by molar-refractivity contribution is 14.0. The Hall–Kier alpha value is -0.860. The van der Waals surface area contributed by atoms with Crippen molar-refractivity contribution in [2.45, 2.75) is 64.6 Å². The molecule has 2 aliphatic rings. The molecule has 29 heavy (non-hydrogen) atoms. The van der Waals surface area contributed by atoms with Crippen molar-refractivity contribution in [2.24, 2.45) is 4.99 Å². The van der Waals surface area contributed by atoms with E-state index >= 15 is 0 Å². The number of likely N-dealkylation sites (N-methyl/N-ethyl adjacent to an activating group) is 1. The maximum absolute atomic E-state index is 4.48. The highest BCUT2D eigenvalue weighted by atomic mass is 127. The van der Waals surface area contributed by atoms with Gasteiger partial charge in [0, 0.05) is 45.3 Å². The molecule has 1 aromatic rings. The van der Waals surface area contributed by atoms with Crippen LogP contribution in [0.15, 0.2) is 29.3 Å². The minimum Gasteiger partial charge on any atom is -0.355 e. The van der Waals surface area contributed by atoms with Crippen molar-refractivity contribution in [3.8, 4) is 0 Å². The number of rotatable bonds is 6. The predicted octanol–water partition coefficient (Wildman–Crippen LogP) is 3.62. The van der Waals surface area contributed by atoms with Crippen molar-refractivity contribution < 1.29 is 0 Å². The molecule has 0 spiro atoms. The van der Waals surface area contributed by atoms with E-state index in [2.05, 4.69) is 63.5 Å². The number of hydrogen-bond acceptors (Lipinski definition) is 3. The number of likely N-dealkylation sites (tertiary alicyclic amines) is 2. The van der Waals surface area contributed by atoms with E-state index < -0.39 is 0 Å². The fraction of sp³-hybridized carbons (Fsp3) is 0.696. The fourth-order valence-electron chi connectivity index (χ4n) is 4.61. The van der Waals surface area contributed by atoms with Gasteiger partial charge in [-0.1, -0.05) is 43.2 Å². The molecule has 0 aliphatic carbocycles.